The number of rotatable bonds is 5. The van der Waals surface area contributed by atoms with Crippen molar-refractivity contribution in [1.29, 1.82) is 0 Å². The van der Waals surface area contributed by atoms with Crippen LogP contribution in [0.3, 0.4) is 0 Å². The van der Waals surface area contributed by atoms with Crippen molar-refractivity contribution in [3.8, 4) is 11.5 Å². The van der Waals surface area contributed by atoms with Crippen molar-refractivity contribution in [3.05, 3.63) is 41.5 Å². The van der Waals surface area contributed by atoms with Gasteiger partial charge in [-0.1, -0.05) is 30.7 Å². The van der Waals surface area contributed by atoms with Crippen LogP contribution in [0.1, 0.15) is 39.2 Å². The molecular formula is C16H22O2. The smallest absolute Gasteiger partial charge is 0.126 e. The first kappa shape index (κ1) is 14.4. The first-order chi connectivity index (χ1) is 8.49. The minimum absolute atomic E-state index is 0.0845. The van der Waals surface area contributed by atoms with Crippen LogP contribution in [0, 0.1) is 5.92 Å². The maximum absolute atomic E-state index is 9.63. The van der Waals surface area contributed by atoms with Gasteiger partial charge >= 0.3 is 0 Å². The third-order valence-electron chi connectivity index (χ3n) is 2.79. The van der Waals surface area contributed by atoms with Crippen LogP contribution in [0.4, 0.5) is 0 Å². The highest BCUT2D eigenvalue weighted by Gasteiger charge is 2.00. The van der Waals surface area contributed by atoms with E-state index in [-0.39, 0.29) is 11.5 Å². The summed E-state index contributed by atoms with van der Waals surface area (Å²) in [5, 5.41) is 18.8. The molecule has 0 amide bonds. The predicted molar refractivity (Wildman–Crippen MR) is 76.6 cm³/mol. The monoisotopic (exact) mass is 246 g/mol. The Kier molecular flexibility index (Phi) is 5.50. The average molecular weight is 246 g/mol. The zero-order chi connectivity index (χ0) is 13.5. The quantitative estimate of drug-likeness (QED) is 0.751. The lowest BCUT2D eigenvalue weighted by atomic mass is 10.0. The zero-order valence-corrected chi connectivity index (χ0v) is 11.4. The topological polar surface area (TPSA) is 40.5 Å². The second-order valence-corrected chi connectivity index (χ2v) is 4.94. The number of allylic oxidation sites excluding steroid dienone is 3. The van der Waals surface area contributed by atoms with Crippen molar-refractivity contribution in [1.82, 2.24) is 0 Å². The maximum atomic E-state index is 9.63. The van der Waals surface area contributed by atoms with E-state index in [4.69, 9.17) is 0 Å². The molecule has 0 aromatic heterocycles. The lowest BCUT2D eigenvalue weighted by molar-refractivity contribution is 0.450. The van der Waals surface area contributed by atoms with Gasteiger partial charge in [0.2, 0.25) is 0 Å². The average Bonchev–Trinajstić information content (AvgIpc) is 2.27. The Balaban J connectivity index is 2.55. The Morgan fingerprint density at radius 1 is 1.28 bits per heavy atom. The molecule has 2 nitrogen and oxygen atoms in total. The van der Waals surface area contributed by atoms with Crippen molar-refractivity contribution in [2.24, 2.45) is 5.92 Å². The lowest BCUT2D eigenvalue weighted by Gasteiger charge is -2.04. The van der Waals surface area contributed by atoms with Gasteiger partial charge in [-0.25, -0.2) is 0 Å². The number of phenolic OH excluding ortho intramolecular Hbond substituents is 2. The Hall–Kier alpha value is -1.70. The van der Waals surface area contributed by atoms with E-state index >= 15 is 0 Å². The second-order valence-electron chi connectivity index (χ2n) is 4.94. The van der Waals surface area contributed by atoms with Gasteiger partial charge < -0.3 is 10.2 Å². The Morgan fingerprint density at radius 3 is 2.61 bits per heavy atom. The molecule has 0 bridgehead atoms. The molecule has 1 rings (SSSR count). The van der Waals surface area contributed by atoms with Crippen molar-refractivity contribution >= 4 is 6.08 Å². The van der Waals surface area contributed by atoms with E-state index in [1.165, 1.54) is 11.6 Å². The first-order valence-electron chi connectivity index (χ1n) is 6.32. The van der Waals surface area contributed by atoms with Crippen molar-refractivity contribution in [3.63, 3.8) is 0 Å². The minimum atomic E-state index is 0.0845. The molecular weight excluding hydrogens is 224 g/mol. The summed E-state index contributed by atoms with van der Waals surface area (Å²) < 4.78 is 0. The molecule has 0 radical (unpaired) electrons. The van der Waals surface area contributed by atoms with Gasteiger partial charge in [-0.2, -0.15) is 0 Å². The van der Waals surface area contributed by atoms with Gasteiger partial charge in [0.25, 0.3) is 0 Å². The molecule has 0 aliphatic carbocycles. The van der Waals surface area contributed by atoms with Crippen LogP contribution < -0.4 is 0 Å². The second kappa shape index (κ2) is 6.90. The summed E-state index contributed by atoms with van der Waals surface area (Å²) in [6.45, 7) is 6.37. The number of aromatic hydroxyl groups is 2. The number of hydrogen-bond acceptors (Lipinski definition) is 2. The summed E-state index contributed by atoms with van der Waals surface area (Å²) in [6.07, 6.45) is 8.41. The van der Waals surface area contributed by atoms with E-state index in [0.29, 0.717) is 5.92 Å². The summed E-state index contributed by atoms with van der Waals surface area (Å²) >= 11 is 0. The molecule has 0 saturated carbocycles. The fourth-order valence-corrected chi connectivity index (χ4v) is 1.67. The molecule has 1 atom stereocenters. The molecule has 0 aliphatic heterocycles. The van der Waals surface area contributed by atoms with Gasteiger partial charge in [-0.15, -0.1) is 0 Å². The Morgan fingerprint density at radius 2 is 2.00 bits per heavy atom. The number of phenols is 2. The standard InChI is InChI=1S/C16H22O2/c1-12(2)5-4-6-13(3)7-8-14-9-10-15(17)11-16(14)18/h5,7-11,13,17-18H,4,6H2,1-3H3/b8-7+. The molecule has 0 saturated heterocycles. The molecule has 0 fully saturated rings. The Labute approximate surface area is 109 Å². The van der Waals surface area contributed by atoms with E-state index in [2.05, 4.69) is 32.9 Å². The number of hydrogen-bond donors (Lipinski definition) is 2. The highest BCUT2D eigenvalue weighted by molar-refractivity contribution is 5.58. The molecule has 18 heavy (non-hydrogen) atoms. The normalized spacial score (nSPS) is 12.6. The highest BCUT2D eigenvalue weighted by Crippen LogP contribution is 2.24. The van der Waals surface area contributed by atoms with Gasteiger partial charge in [-0.3, -0.25) is 0 Å². The highest BCUT2D eigenvalue weighted by atomic mass is 16.3. The van der Waals surface area contributed by atoms with Crippen LogP contribution >= 0.6 is 0 Å². The van der Waals surface area contributed by atoms with Crippen LogP contribution in [0.2, 0.25) is 0 Å². The van der Waals surface area contributed by atoms with E-state index in [9.17, 15) is 10.2 Å². The lowest BCUT2D eigenvalue weighted by Crippen LogP contribution is -1.88. The molecule has 0 spiro atoms. The van der Waals surface area contributed by atoms with Crippen molar-refractivity contribution in [2.75, 3.05) is 0 Å². The summed E-state index contributed by atoms with van der Waals surface area (Å²) in [5.41, 5.74) is 2.09. The SMILES string of the molecule is CC(C)=CCCC(C)/C=C/c1ccc(O)cc1O. The summed E-state index contributed by atoms with van der Waals surface area (Å²) in [6, 6.07) is 4.64. The van der Waals surface area contributed by atoms with Gasteiger partial charge in [0, 0.05) is 11.6 Å². The molecule has 98 valence electrons. The van der Waals surface area contributed by atoms with E-state index in [0.717, 1.165) is 18.4 Å². The fourth-order valence-electron chi connectivity index (χ4n) is 1.67. The largest absolute Gasteiger partial charge is 0.508 e. The minimum Gasteiger partial charge on any atom is -0.508 e. The third kappa shape index (κ3) is 5.09. The summed E-state index contributed by atoms with van der Waals surface area (Å²) in [4.78, 5) is 0. The van der Waals surface area contributed by atoms with Crippen molar-refractivity contribution < 1.29 is 10.2 Å². The van der Waals surface area contributed by atoms with Gasteiger partial charge in [0.15, 0.2) is 0 Å². The predicted octanol–water partition coefficient (Wildman–Crippen LogP) is 4.49. The molecule has 0 aliphatic rings. The van der Waals surface area contributed by atoms with Crippen LogP contribution in [0.25, 0.3) is 6.08 Å². The van der Waals surface area contributed by atoms with Crippen molar-refractivity contribution in [2.45, 2.75) is 33.6 Å². The van der Waals surface area contributed by atoms with Crippen LogP contribution in [-0.2, 0) is 0 Å². The van der Waals surface area contributed by atoms with E-state index in [1.807, 2.05) is 6.08 Å². The van der Waals surface area contributed by atoms with Crippen LogP contribution in [-0.4, -0.2) is 10.2 Å². The molecule has 1 aromatic rings. The van der Waals surface area contributed by atoms with E-state index in [1.54, 1.807) is 12.1 Å². The number of benzene rings is 1. The first-order valence-corrected chi connectivity index (χ1v) is 6.32. The molecule has 2 N–H and O–H groups in total. The zero-order valence-electron chi connectivity index (χ0n) is 11.4. The van der Waals surface area contributed by atoms with Gasteiger partial charge in [0.1, 0.15) is 11.5 Å². The van der Waals surface area contributed by atoms with E-state index < -0.39 is 0 Å². The fraction of sp³-hybridized carbons (Fsp3) is 0.375. The third-order valence-corrected chi connectivity index (χ3v) is 2.79. The maximum Gasteiger partial charge on any atom is 0.126 e. The van der Waals surface area contributed by atoms with Gasteiger partial charge in [0.05, 0.1) is 0 Å². The molecule has 1 unspecified atom stereocenters. The summed E-state index contributed by atoms with van der Waals surface area (Å²) in [5.74, 6) is 0.665. The van der Waals surface area contributed by atoms with Crippen LogP contribution in [0.5, 0.6) is 11.5 Å². The molecule has 1 aromatic carbocycles. The Bertz CT molecular complexity index is 440. The molecule has 2 heteroatoms. The summed E-state index contributed by atoms with van der Waals surface area (Å²) in [7, 11) is 0. The van der Waals surface area contributed by atoms with Crippen LogP contribution in [0.15, 0.2) is 35.9 Å². The molecule has 0 heterocycles. The van der Waals surface area contributed by atoms with Gasteiger partial charge in [-0.05, 0) is 44.7 Å².